The van der Waals surface area contributed by atoms with Gasteiger partial charge in [-0.15, -0.1) is 0 Å². The summed E-state index contributed by atoms with van der Waals surface area (Å²) in [7, 11) is 1.83. The highest BCUT2D eigenvalue weighted by Crippen LogP contribution is 2.34. The number of hydrogen-bond acceptors (Lipinski definition) is 2. The van der Waals surface area contributed by atoms with E-state index in [-0.39, 0.29) is 6.04 Å². The Morgan fingerprint density at radius 3 is 2.81 bits per heavy atom. The van der Waals surface area contributed by atoms with E-state index < -0.39 is 11.7 Å². The quantitative estimate of drug-likeness (QED) is 0.814. The lowest BCUT2D eigenvalue weighted by Crippen LogP contribution is -2.28. The molecule has 0 amide bonds. The van der Waals surface area contributed by atoms with Gasteiger partial charge in [0, 0.05) is 18.3 Å². The summed E-state index contributed by atoms with van der Waals surface area (Å²) in [6.45, 7) is 0.746. The van der Waals surface area contributed by atoms with Gasteiger partial charge >= 0.3 is 6.18 Å². The molecule has 0 aliphatic carbocycles. The van der Waals surface area contributed by atoms with Gasteiger partial charge in [0.25, 0.3) is 0 Å². The average molecular weight is 230 g/mol. The summed E-state index contributed by atoms with van der Waals surface area (Å²) in [5.41, 5.74) is 0.987. The van der Waals surface area contributed by atoms with Crippen LogP contribution in [0.2, 0.25) is 0 Å². The molecule has 1 aromatic rings. The first-order valence-electron chi connectivity index (χ1n) is 5.12. The smallest absolute Gasteiger partial charge is 0.380 e. The summed E-state index contributed by atoms with van der Waals surface area (Å²) in [4.78, 5) is 0. The molecule has 2 nitrogen and oxygen atoms in total. The number of hydrogen-bond donors (Lipinski definition) is 2. The van der Waals surface area contributed by atoms with Crippen molar-refractivity contribution in [2.45, 2.75) is 18.6 Å². The molecule has 0 saturated heterocycles. The van der Waals surface area contributed by atoms with E-state index >= 15 is 0 Å². The van der Waals surface area contributed by atoms with Crippen molar-refractivity contribution in [1.82, 2.24) is 5.32 Å². The van der Waals surface area contributed by atoms with E-state index in [4.69, 9.17) is 0 Å². The number of alkyl halides is 3. The minimum Gasteiger partial charge on any atom is -0.380 e. The van der Waals surface area contributed by atoms with Gasteiger partial charge in [-0.2, -0.15) is 13.2 Å². The van der Waals surface area contributed by atoms with Crippen molar-refractivity contribution in [3.63, 3.8) is 0 Å². The van der Waals surface area contributed by atoms with Crippen LogP contribution in [0.5, 0.6) is 0 Å². The predicted octanol–water partition coefficient (Wildman–Crippen LogP) is 2.26. The molecule has 2 rings (SSSR count). The van der Waals surface area contributed by atoms with Crippen molar-refractivity contribution in [2.75, 3.05) is 18.9 Å². The molecule has 16 heavy (non-hydrogen) atoms. The van der Waals surface area contributed by atoms with Crippen LogP contribution in [0.1, 0.15) is 11.1 Å². The summed E-state index contributed by atoms with van der Waals surface area (Å²) in [6.07, 6.45) is -3.61. The maximum Gasteiger partial charge on any atom is 0.416 e. The van der Waals surface area contributed by atoms with Gasteiger partial charge in [0.05, 0.1) is 5.56 Å². The number of halogens is 3. The van der Waals surface area contributed by atoms with Crippen LogP contribution >= 0.6 is 0 Å². The molecule has 0 fully saturated rings. The molecule has 1 heterocycles. The third kappa shape index (κ3) is 2.14. The van der Waals surface area contributed by atoms with Crippen LogP contribution in [0.3, 0.4) is 0 Å². The Balaban J connectivity index is 2.21. The van der Waals surface area contributed by atoms with Gasteiger partial charge in [0.1, 0.15) is 0 Å². The van der Waals surface area contributed by atoms with Gasteiger partial charge in [-0.05, 0) is 37.2 Å². The van der Waals surface area contributed by atoms with Gasteiger partial charge in [-0.1, -0.05) is 0 Å². The van der Waals surface area contributed by atoms with Crippen LogP contribution in [0.15, 0.2) is 18.2 Å². The molecule has 88 valence electrons. The van der Waals surface area contributed by atoms with Crippen molar-refractivity contribution in [1.29, 1.82) is 0 Å². The Kier molecular flexibility index (Phi) is 2.80. The monoisotopic (exact) mass is 230 g/mol. The maximum atomic E-state index is 12.5. The Morgan fingerprint density at radius 1 is 1.44 bits per heavy atom. The third-order valence-corrected chi connectivity index (χ3v) is 2.71. The van der Waals surface area contributed by atoms with E-state index in [0.29, 0.717) is 6.42 Å². The van der Waals surface area contributed by atoms with Crippen LogP contribution in [0.4, 0.5) is 18.9 Å². The Hall–Kier alpha value is -1.23. The minimum atomic E-state index is -4.25. The Morgan fingerprint density at radius 2 is 2.19 bits per heavy atom. The van der Waals surface area contributed by atoms with E-state index in [0.717, 1.165) is 23.9 Å². The number of anilines is 1. The molecule has 0 bridgehead atoms. The van der Waals surface area contributed by atoms with Crippen molar-refractivity contribution >= 4 is 5.69 Å². The molecular weight excluding hydrogens is 217 g/mol. The highest BCUT2D eigenvalue weighted by atomic mass is 19.4. The molecule has 0 aromatic heterocycles. The van der Waals surface area contributed by atoms with E-state index in [2.05, 4.69) is 10.6 Å². The van der Waals surface area contributed by atoms with E-state index in [9.17, 15) is 13.2 Å². The molecule has 1 aromatic carbocycles. The molecular formula is C11H13F3N2. The number of fused-ring (bicyclic) bond motifs is 1. The SMILES string of the molecule is CNCC1Cc2cc(C(F)(F)F)ccc2N1. The van der Waals surface area contributed by atoms with E-state index in [1.165, 1.54) is 12.1 Å². The number of rotatable bonds is 2. The second kappa shape index (κ2) is 3.97. The minimum absolute atomic E-state index is 0.184. The second-order valence-corrected chi connectivity index (χ2v) is 3.97. The summed E-state index contributed by atoms with van der Waals surface area (Å²) in [5, 5.41) is 6.19. The van der Waals surface area contributed by atoms with E-state index in [1.807, 2.05) is 7.05 Å². The fraction of sp³-hybridized carbons (Fsp3) is 0.455. The normalized spacial score (nSPS) is 19.4. The van der Waals surface area contributed by atoms with Crippen LogP contribution in [0, 0.1) is 0 Å². The number of nitrogens with one attached hydrogen (secondary N) is 2. The first-order valence-corrected chi connectivity index (χ1v) is 5.12. The fourth-order valence-corrected chi connectivity index (χ4v) is 1.99. The van der Waals surface area contributed by atoms with Crippen LogP contribution in [-0.4, -0.2) is 19.6 Å². The molecule has 2 N–H and O–H groups in total. The first-order chi connectivity index (χ1) is 7.50. The summed E-state index contributed by atoms with van der Waals surface area (Å²) in [6, 6.07) is 4.04. The van der Waals surface area contributed by atoms with Gasteiger partial charge in [-0.25, -0.2) is 0 Å². The molecule has 1 atom stereocenters. The highest BCUT2D eigenvalue weighted by Gasteiger charge is 2.32. The van der Waals surface area contributed by atoms with Crippen LogP contribution in [0.25, 0.3) is 0 Å². The van der Waals surface area contributed by atoms with Crippen LogP contribution in [-0.2, 0) is 12.6 Å². The maximum absolute atomic E-state index is 12.5. The molecule has 0 spiro atoms. The highest BCUT2D eigenvalue weighted by molar-refractivity contribution is 5.58. The Labute approximate surface area is 91.8 Å². The zero-order valence-electron chi connectivity index (χ0n) is 8.86. The fourth-order valence-electron chi connectivity index (χ4n) is 1.99. The van der Waals surface area contributed by atoms with Crippen molar-refractivity contribution in [3.05, 3.63) is 29.3 Å². The van der Waals surface area contributed by atoms with Crippen LogP contribution < -0.4 is 10.6 Å². The third-order valence-electron chi connectivity index (χ3n) is 2.71. The zero-order chi connectivity index (χ0) is 11.8. The standard InChI is InChI=1S/C11H13F3N2/c1-15-6-9-5-7-4-8(11(12,13)14)2-3-10(7)16-9/h2-4,9,15-16H,5-6H2,1H3. The van der Waals surface area contributed by atoms with Crippen molar-refractivity contribution in [2.24, 2.45) is 0 Å². The number of likely N-dealkylation sites (N-methyl/N-ethyl adjacent to an activating group) is 1. The molecule has 1 aliphatic heterocycles. The molecule has 1 aliphatic rings. The molecule has 0 radical (unpaired) electrons. The summed E-state index contributed by atoms with van der Waals surface area (Å²) >= 11 is 0. The van der Waals surface area contributed by atoms with Gasteiger partial charge in [0.2, 0.25) is 0 Å². The largest absolute Gasteiger partial charge is 0.416 e. The predicted molar refractivity (Wildman–Crippen MR) is 56.5 cm³/mol. The Bertz CT molecular complexity index is 387. The lowest BCUT2D eigenvalue weighted by atomic mass is 10.1. The van der Waals surface area contributed by atoms with Crippen molar-refractivity contribution < 1.29 is 13.2 Å². The van der Waals surface area contributed by atoms with E-state index in [1.54, 1.807) is 0 Å². The second-order valence-electron chi connectivity index (χ2n) is 3.97. The molecule has 0 saturated carbocycles. The summed E-state index contributed by atoms with van der Waals surface area (Å²) in [5.74, 6) is 0. The average Bonchev–Trinajstić information content (AvgIpc) is 2.57. The number of benzene rings is 1. The first kappa shape index (κ1) is 11.3. The summed E-state index contributed by atoms with van der Waals surface area (Å²) < 4.78 is 37.4. The van der Waals surface area contributed by atoms with Gasteiger partial charge in [-0.3, -0.25) is 0 Å². The lowest BCUT2D eigenvalue weighted by Gasteiger charge is -2.09. The van der Waals surface area contributed by atoms with Crippen molar-refractivity contribution in [3.8, 4) is 0 Å². The zero-order valence-corrected chi connectivity index (χ0v) is 8.86. The molecule has 5 heteroatoms. The lowest BCUT2D eigenvalue weighted by molar-refractivity contribution is -0.137. The van der Waals surface area contributed by atoms with Gasteiger partial charge < -0.3 is 10.6 Å². The topological polar surface area (TPSA) is 24.1 Å². The molecule has 1 unspecified atom stereocenters. The van der Waals surface area contributed by atoms with Gasteiger partial charge in [0.15, 0.2) is 0 Å².